The smallest absolute Gasteiger partial charge is 0.272 e. The van der Waals surface area contributed by atoms with Crippen molar-refractivity contribution in [2.75, 3.05) is 24.5 Å². The Kier molecular flexibility index (Phi) is 5.19. The maximum absolute atomic E-state index is 12.6. The second kappa shape index (κ2) is 7.33. The Morgan fingerprint density at radius 3 is 2.78 bits per heavy atom. The molecule has 0 spiro atoms. The number of carbonyl (C=O) groups is 1. The molecule has 126 valence electrons. The Balaban J connectivity index is 1.70. The molecule has 0 saturated carbocycles. The van der Waals surface area contributed by atoms with E-state index in [0.717, 1.165) is 26.1 Å². The van der Waals surface area contributed by atoms with Gasteiger partial charge in [-0.1, -0.05) is 13.8 Å². The number of anilines is 1. The third kappa shape index (κ3) is 3.67. The van der Waals surface area contributed by atoms with Crippen LogP contribution in [0.3, 0.4) is 0 Å². The van der Waals surface area contributed by atoms with E-state index in [1.807, 2.05) is 17.2 Å². The molecule has 3 rings (SSSR count). The highest BCUT2D eigenvalue weighted by atomic mass is 16.2. The van der Waals surface area contributed by atoms with Crippen LogP contribution in [0.5, 0.6) is 0 Å². The lowest BCUT2D eigenvalue weighted by atomic mass is 9.99. The maximum atomic E-state index is 12.6. The molecule has 2 aliphatic rings. The second-order valence-corrected chi connectivity index (χ2v) is 7.15. The standard InChI is InChI=1S/C19H29N3O/c1-3-16-8-4-5-12-22(16)17-9-10-18(20-13-17)19(23)21-11-6-7-15(2)14-21/h9-10,13,15-16H,3-8,11-12,14H2,1-2H3. The molecule has 0 radical (unpaired) electrons. The van der Waals surface area contributed by atoms with Crippen molar-refractivity contribution in [2.24, 2.45) is 5.92 Å². The van der Waals surface area contributed by atoms with Crippen molar-refractivity contribution in [1.29, 1.82) is 0 Å². The van der Waals surface area contributed by atoms with E-state index in [4.69, 9.17) is 0 Å². The largest absolute Gasteiger partial charge is 0.367 e. The number of amides is 1. The Bertz CT molecular complexity index is 528. The quantitative estimate of drug-likeness (QED) is 0.853. The molecule has 23 heavy (non-hydrogen) atoms. The van der Waals surface area contributed by atoms with Crippen LogP contribution in [0.2, 0.25) is 0 Å². The summed E-state index contributed by atoms with van der Waals surface area (Å²) in [5, 5.41) is 0. The third-order valence-corrected chi connectivity index (χ3v) is 5.34. The summed E-state index contributed by atoms with van der Waals surface area (Å²) in [4.78, 5) is 21.5. The summed E-state index contributed by atoms with van der Waals surface area (Å²) < 4.78 is 0. The summed E-state index contributed by atoms with van der Waals surface area (Å²) in [6.07, 6.45) is 9.25. The van der Waals surface area contributed by atoms with Gasteiger partial charge in [0.2, 0.25) is 0 Å². The van der Waals surface area contributed by atoms with E-state index >= 15 is 0 Å². The van der Waals surface area contributed by atoms with Gasteiger partial charge in [-0.3, -0.25) is 4.79 Å². The lowest BCUT2D eigenvalue weighted by molar-refractivity contribution is 0.0677. The molecule has 1 aromatic rings. The van der Waals surface area contributed by atoms with Crippen molar-refractivity contribution in [3.63, 3.8) is 0 Å². The Hall–Kier alpha value is -1.58. The van der Waals surface area contributed by atoms with Crippen molar-refractivity contribution >= 4 is 11.6 Å². The van der Waals surface area contributed by atoms with E-state index in [0.29, 0.717) is 17.7 Å². The van der Waals surface area contributed by atoms with Gasteiger partial charge in [-0.25, -0.2) is 4.98 Å². The van der Waals surface area contributed by atoms with Crippen molar-refractivity contribution < 1.29 is 4.79 Å². The van der Waals surface area contributed by atoms with Gasteiger partial charge >= 0.3 is 0 Å². The number of nitrogens with zero attached hydrogens (tertiary/aromatic N) is 3. The van der Waals surface area contributed by atoms with Gasteiger partial charge in [0.25, 0.3) is 5.91 Å². The fraction of sp³-hybridized carbons (Fsp3) is 0.684. The van der Waals surface area contributed by atoms with Crippen LogP contribution in [-0.2, 0) is 0 Å². The molecule has 2 fully saturated rings. The number of aromatic nitrogens is 1. The first kappa shape index (κ1) is 16.3. The molecule has 2 aliphatic heterocycles. The number of likely N-dealkylation sites (tertiary alicyclic amines) is 1. The summed E-state index contributed by atoms with van der Waals surface area (Å²) in [5.74, 6) is 0.694. The van der Waals surface area contributed by atoms with Gasteiger partial charge in [0, 0.05) is 25.7 Å². The molecule has 4 heteroatoms. The second-order valence-electron chi connectivity index (χ2n) is 7.15. The van der Waals surface area contributed by atoms with Gasteiger partial charge < -0.3 is 9.80 Å². The first-order valence-electron chi connectivity index (χ1n) is 9.21. The van der Waals surface area contributed by atoms with Crippen molar-refractivity contribution in [2.45, 2.75) is 58.4 Å². The summed E-state index contributed by atoms with van der Waals surface area (Å²) in [6, 6.07) is 4.62. The summed E-state index contributed by atoms with van der Waals surface area (Å²) in [7, 11) is 0. The first-order valence-corrected chi connectivity index (χ1v) is 9.21. The summed E-state index contributed by atoms with van der Waals surface area (Å²) >= 11 is 0. The molecule has 4 nitrogen and oxygen atoms in total. The molecular weight excluding hydrogens is 286 g/mol. The number of pyridine rings is 1. The zero-order chi connectivity index (χ0) is 16.2. The number of hydrogen-bond acceptors (Lipinski definition) is 3. The van der Waals surface area contributed by atoms with Gasteiger partial charge in [0.15, 0.2) is 0 Å². The van der Waals surface area contributed by atoms with Gasteiger partial charge in [0.1, 0.15) is 5.69 Å². The topological polar surface area (TPSA) is 36.4 Å². The zero-order valence-corrected chi connectivity index (χ0v) is 14.5. The lowest BCUT2D eigenvalue weighted by Crippen LogP contribution is -2.40. The molecular formula is C19H29N3O. The molecule has 1 amide bonds. The van der Waals surface area contributed by atoms with Crippen LogP contribution >= 0.6 is 0 Å². The van der Waals surface area contributed by atoms with Gasteiger partial charge in [-0.15, -0.1) is 0 Å². The minimum absolute atomic E-state index is 0.0915. The van der Waals surface area contributed by atoms with Crippen LogP contribution in [0.1, 0.15) is 62.9 Å². The highest BCUT2D eigenvalue weighted by molar-refractivity contribution is 5.92. The molecule has 0 aromatic carbocycles. The van der Waals surface area contributed by atoms with Crippen molar-refractivity contribution in [3.8, 4) is 0 Å². The van der Waals surface area contributed by atoms with Gasteiger partial charge in [-0.05, 0) is 56.6 Å². The van der Waals surface area contributed by atoms with E-state index in [1.165, 1.54) is 37.8 Å². The minimum atomic E-state index is 0.0915. The van der Waals surface area contributed by atoms with Crippen LogP contribution in [0, 0.1) is 5.92 Å². The van der Waals surface area contributed by atoms with E-state index in [1.54, 1.807) is 0 Å². The van der Waals surface area contributed by atoms with Crippen LogP contribution in [0.15, 0.2) is 18.3 Å². The minimum Gasteiger partial charge on any atom is -0.367 e. The molecule has 0 N–H and O–H groups in total. The van der Waals surface area contributed by atoms with E-state index in [2.05, 4.69) is 29.8 Å². The average Bonchev–Trinajstić information content (AvgIpc) is 2.61. The number of carbonyl (C=O) groups excluding carboxylic acids is 1. The highest BCUT2D eigenvalue weighted by Crippen LogP contribution is 2.26. The number of rotatable bonds is 3. The summed E-state index contributed by atoms with van der Waals surface area (Å²) in [5.41, 5.74) is 1.76. The molecule has 0 bridgehead atoms. The fourth-order valence-electron chi connectivity index (χ4n) is 3.98. The Morgan fingerprint density at radius 2 is 2.09 bits per heavy atom. The first-order chi connectivity index (χ1) is 11.2. The monoisotopic (exact) mass is 315 g/mol. The highest BCUT2D eigenvalue weighted by Gasteiger charge is 2.24. The Morgan fingerprint density at radius 1 is 1.22 bits per heavy atom. The lowest BCUT2D eigenvalue weighted by Gasteiger charge is -2.37. The summed E-state index contributed by atoms with van der Waals surface area (Å²) in [6.45, 7) is 7.32. The fourth-order valence-corrected chi connectivity index (χ4v) is 3.98. The number of hydrogen-bond donors (Lipinski definition) is 0. The molecule has 2 saturated heterocycles. The predicted molar refractivity (Wildman–Crippen MR) is 93.8 cm³/mol. The normalized spacial score (nSPS) is 25.5. The predicted octanol–water partition coefficient (Wildman–Crippen LogP) is 3.72. The van der Waals surface area contributed by atoms with Crippen LogP contribution in [0.4, 0.5) is 5.69 Å². The van der Waals surface area contributed by atoms with Gasteiger partial charge in [0.05, 0.1) is 11.9 Å². The SMILES string of the molecule is CCC1CCCCN1c1ccc(C(=O)N2CCCC(C)C2)nc1. The molecule has 0 aliphatic carbocycles. The average molecular weight is 315 g/mol. The van der Waals surface area contributed by atoms with Crippen LogP contribution < -0.4 is 4.90 Å². The molecule has 1 aromatic heterocycles. The molecule has 3 heterocycles. The van der Waals surface area contributed by atoms with Gasteiger partial charge in [-0.2, -0.15) is 0 Å². The Labute approximate surface area is 139 Å². The maximum Gasteiger partial charge on any atom is 0.272 e. The van der Waals surface area contributed by atoms with E-state index in [9.17, 15) is 4.79 Å². The van der Waals surface area contributed by atoms with Crippen LogP contribution in [0.25, 0.3) is 0 Å². The van der Waals surface area contributed by atoms with Crippen LogP contribution in [-0.4, -0.2) is 41.5 Å². The van der Waals surface area contributed by atoms with E-state index in [-0.39, 0.29) is 5.91 Å². The third-order valence-electron chi connectivity index (χ3n) is 5.34. The molecule has 2 unspecified atom stereocenters. The zero-order valence-electron chi connectivity index (χ0n) is 14.5. The number of piperidine rings is 2. The molecule has 2 atom stereocenters. The van der Waals surface area contributed by atoms with Crippen molar-refractivity contribution in [1.82, 2.24) is 9.88 Å². The van der Waals surface area contributed by atoms with Crippen molar-refractivity contribution in [3.05, 3.63) is 24.0 Å². The van der Waals surface area contributed by atoms with E-state index < -0.39 is 0 Å².